The summed E-state index contributed by atoms with van der Waals surface area (Å²) >= 11 is 4.82. The van der Waals surface area contributed by atoms with E-state index in [0.717, 1.165) is 12.8 Å². The number of rotatable bonds is 3. The predicted molar refractivity (Wildman–Crippen MR) is 73.6 cm³/mol. The highest BCUT2D eigenvalue weighted by Crippen LogP contribution is 2.24. The summed E-state index contributed by atoms with van der Waals surface area (Å²) in [5.41, 5.74) is 5.55. The molecule has 3 N–H and O–H groups in total. The summed E-state index contributed by atoms with van der Waals surface area (Å²) in [5.74, 6) is -0.510. The number of thiocarbonyl (C=S) groups is 1. The Kier molecular flexibility index (Phi) is 4.31. The largest absolute Gasteiger partial charge is 0.480 e. The fourth-order valence-electron chi connectivity index (χ4n) is 2.02. The van der Waals surface area contributed by atoms with Crippen LogP contribution in [0.1, 0.15) is 24.8 Å². The van der Waals surface area contributed by atoms with Crippen LogP contribution >= 0.6 is 12.2 Å². The molecule has 1 unspecified atom stereocenters. The Labute approximate surface area is 116 Å². The van der Waals surface area contributed by atoms with E-state index in [1.165, 1.54) is 12.1 Å². The summed E-state index contributed by atoms with van der Waals surface area (Å²) in [6.45, 7) is 0.643. The predicted octanol–water partition coefficient (Wildman–Crippen LogP) is 1.51. The SMILES string of the molecule is NC(=S)c1c(F)cccc1OC1CCCCNC1=O. The number of nitrogens with two attached hydrogens (primary N) is 1. The van der Waals surface area contributed by atoms with Crippen molar-refractivity contribution in [2.24, 2.45) is 5.73 Å². The van der Waals surface area contributed by atoms with Crippen molar-refractivity contribution < 1.29 is 13.9 Å². The van der Waals surface area contributed by atoms with Crippen LogP contribution in [0.3, 0.4) is 0 Å². The lowest BCUT2D eigenvalue weighted by atomic mass is 10.1. The second kappa shape index (κ2) is 5.97. The Morgan fingerprint density at radius 2 is 2.26 bits per heavy atom. The maximum atomic E-state index is 13.7. The van der Waals surface area contributed by atoms with E-state index >= 15 is 0 Å². The van der Waals surface area contributed by atoms with Gasteiger partial charge in [0, 0.05) is 6.54 Å². The Morgan fingerprint density at radius 3 is 3.00 bits per heavy atom. The molecule has 0 aliphatic carbocycles. The maximum Gasteiger partial charge on any atom is 0.261 e. The highest BCUT2D eigenvalue weighted by Gasteiger charge is 2.24. The van der Waals surface area contributed by atoms with Crippen molar-refractivity contribution in [3.05, 3.63) is 29.6 Å². The molecule has 1 aliphatic heterocycles. The lowest BCUT2D eigenvalue weighted by Gasteiger charge is -2.18. The average Bonchev–Trinajstić information content (AvgIpc) is 2.54. The standard InChI is InChI=1S/C13H15FN2O2S/c14-8-4-3-6-9(11(8)12(15)19)18-10-5-1-2-7-16-13(10)17/h3-4,6,10H,1-2,5,7H2,(H2,15,19)(H,16,17). The van der Waals surface area contributed by atoms with Crippen LogP contribution in [0, 0.1) is 5.82 Å². The van der Waals surface area contributed by atoms with Gasteiger partial charge in [0.2, 0.25) is 0 Å². The summed E-state index contributed by atoms with van der Waals surface area (Å²) in [6, 6.07) is 4.32. The van der Waals surface area contributed by atoms with Gasteiger partial charge in [0.05, 0.1) is 5.56 Å². The molecule has 1 aromatic carbocycles. The summed E-state index contributed by atoms with van der Waals surface area (Å²) in [4.78, 5) is 11.7. The molecule has 1 aliphatic rings. The Balaban J connectivity index is 2.25. The van der Waals surface area contributed by atoms with Gasteiger partial charge in [-0.3, -0.25) is 4.79 Å². The number of ether oxygens (including phenoxy) is 1. The molecule has 102 valence electrons. The van der Waals surface area contributed by atoms with Crippen LogP contribution in [0.5, 0.6) is 5.75 Å². The second-order valence-corrected chi connectivity index (χ2v) is 4.81. The van der Waals surface area contributed by atoms with Gasteiger partial charge in [-0.1, -0.05) is 18.3 Å². The highest BCUT2D eigenvalue weighted by molar-refractivity contribution is 7.80. The van der Waals surface area contributed by atoms with Crippen LogP contribution in [-0.2, 0) is 4.79 Å². The molecular formula is C13H15FN2O2S. The third-order valence-electron chi connectivity index (χ3n) is 2.98. The van der Waals surface area contributed by atoms with Gasteiger partial charge in [0.25, 0.3) is 5.91 Å². The minimum absolute atomic E-state index is 0.0505. The number of benzene rings is 1. The molecule has 2 rings (SSSR count). The summed E-state index contributed by atoms with van der Waals surface area (Å²) in [7, 11) is 0. The van der Waals surface area contributed by atoms with Gasteiger partial charge in [0.1, 0.15) is 16.6 Å². The van der Waals surface area contributed by atoms with Crippen molar-refractivity contribution in [3.8, 4) is 5.75 Å². The molecule has 0 saturated carbocycles. The van der Waals surface area contributed by atoms with Crippen molar-refractivity contribution in [1.29, 1.82) is 0 Å². The van der Waals surface area contributed by atoms with Gasteiger partial charge >= 0.3 is 0 Å². The minimum Gasteiger partial charge on any atom is -0.480 e. The topological polar surface area (TPSA) is 64.3 Å². The number of amides is 1. The zero-order valence-corrected chi connectivity index (χ0v) is 11.1. The number of carbonyl (C=O) groups excluding carboxylic acids is 1. The molecule has 1 aromatic rings. The van der Waals surface area contributed by atoms with Crippen LogP contribution in [-0.4, -0.2) is 23.5 Å². The number of halogens is 1. The van der Waals surface area contributed by atoms with E-state index in [-0.39, 0.29) is 22.2 Å². The Bertz CT molecular complexity index is 507. The normalized spacial score (nSPS) is 19.4. The van der Waals surface area contributed by atoms with Gasteiger partial charge in [-0.05, 0) is 31.4 Å². The van der Waals surface area contributed by atoms with Gasteiger partial charge < -0.3 is 15.8 Å². The number of carbonyl (C=O) groups is 1. The van der Waals surface area contributed by atoms with E-state index in [0.29, 0.717) is 13.0 Å². The van der Waals surface area contributed by atoms with Crippen molar-refractivity contribution in [3.63, 3.8) is 0 Å². The van der Waals surface area contributed by atoms with E-state index < -0.39 is 11.9 Å². The molecular weight excluding hydrogens is 267 g/mol. The highest BCUT2D eigenvalue weighted by atomic mass is 32.1. The molecule has 1 fully saturated rings. The van der Waals surface area contributed by atoms with Crippen LogP contribution in [0.15, 0.2) is 18.2 Å². The molecule has 0 spiro atoms. The van der Waals surface area contributed by atoms with E-state index in [1.807, 2.05) is 0 Å². The monoisotopic (exact) mass is 282 g/mol. The molecule has 0 bridgehead atoms. The van der Waals surface area contributed by atoms with Gasteiger partial charge in [0.15, 0.2) is 6.10 Å². The lowest BCUT2D eigenvalue weighted by molar-refractivity contribution is -0.127. The fourth-order valence-corrected chi connectivity index (χ4v) is 2.22. The first-order chi connectivity index (χ1) is 9.09. The van der Waals surface area contributed by atoms with Crippen LogP contribution in [0.25, 0.3) is 0 Å². The van der Waals surface area contributed by atoms with Gasteiger partial charge in [-0.2, -0.15) is 0 Å². The first-order valence-corrected chi connectivity index (χ1v) is 6.53. The summed E-state index contributed by atoms with van der Waals surface area (Å²) in [6.07, 6.45) is 1.76. The number of nitrogens with one attached hydrogen (secondary N) is 1. The van der Waals surface area contributed by atoms with Crippen LogP contribution in [0.2, 0.25) is 0 Å². The van der Waals surface area contributed by atoms with Crippen molar-refractivity contribution >= 4 is 23.1 Å². The van der Waals surface area contributed by atoms with E-state index in [9.17, 15) is 9.18 Å². The third kappa shape index (κ3) is 3.20. The van der Waals surface area contributed by atoms with E-state index in [1.54, 1.807) is 6.07 Å². The zero-order chi connectivity index (χ0) is 13.8. The Hall–Kier alpha value is -1.69. The maximum absolute atomic E-state index is 13.7. The molecule has 0 radical (unpaired) electrons. The molecule has 1 atom stereocenters. The first kappa shape index (κ1) is 13.7. The zero-order valence-electron chi connectivity index (χ0n) is 10.3. The first-order valence-electron chi connectivity index (χ1n) is 6.12. The van der Waals surface area contributed by atoms with Crippen molar-refractivity contribution in [2.75, 3.05) is 6.54 Å². The van der Waals surface area contributed by atoms with E-state index in [4.69, 9.17) is 22.7 Å². The van der Waals surface area contributed by atoms with E-state index in [2.05, 4.69) is 5.32 Å². The molecule has 19 heavy (non-hydrogen) atoms. The fraction of sp³-hybridized carbons (Fsp3) is 0.385. The number of hydrogen-bond acceptors (Lipinski definition) is 3. The molecule has 1 amide bonds. The van der Waals surface area contributed by atoms with Crippen molar-refractivity contribution in [1.82, 2.24) is 5.32 Å². The summed E-state index contributed by atoms with van der Waals surface area (Å²) < 4.78 is 19.3. The Morgan fingerprint density at radius 1 is 1.47 bits per heavy atom. The third-order valence-corrected chi connectivity index (χ3v) is 3.18. The lowest BCUT2D eigenvalue weighted by Crippen LogP contribution is -2.37. The second-order valence-electron chi connectivity index (χ2n) is 4.37. The quantitative estimate of drug-likeness (QED) is 0.825. The van der Waals surface area contributed by atoms with Crippen LogP contribution < -0.4 is 15.8 Å². The molecule has 1 saturated heterocycles. The van der Waals surface area contributed by atoms with Gasteiger partial charge in [-0.25, -0.2) is 4.39 Å². The summed E-state index contributed by atoms with van der Waals surface area (Å²) in [5, 5.41) is 2.76. The molecule has 4 nitrogen and oxygen atoms in total. The number of hydrogen-bond donors (Lipinski definition) is 2. The molecule has 6 heteroatoms. The van der Waals surface area contributed by atoms with Crippen LogP contribution in [0.4, 0.5) is 4.39 Å². The van der Waals surface area contributed by atoms with Gasteiger partial charge in [-0.15, -0.1) is 0 Å². The smallest absolute Gasteiger partial charge is 0.261 e. The molecule has 1 heterocycles. The van der Waals surface area contributed by atoms with Crippen molar-refractivity contribution in [2.45, 2.75) is 25.4 Å². The average molecular weight is 282 g/mol. The minimum atomic E-state index is -0.627. The molecule has 0 aromatic heterocycles.